The average Bonchev–Trinajstić information content (AvgIpc) is 3.62. The number of nitrogens with zero attached hydrogens (tertiary/aromatic N) is 5. The predicted molar refractivity (Wildman–Crippen MR) is 164 cm³/mol. The fourth-order valence-electron chi connectivity index (χ4n) is 5.78. The highest BCUT2D eigenvalue weighted by atomic mass is 16.6. The maximum atomic E-state index is 13.1. The molecule has 0 aliphatic carbocycles. The Kier molecular flexibility index (Phi) is 7.93. The van der Waals surface area contributed by atoms with E-state index in [0.29, 0.717) is 24.2 Å². The number of aliphatic hydroxyl groups excluding tert-OH is 1. The van der Waals surface area contributed by atoms with Crippen LogP contribution in [0.2, 0.25) is 0 Å². The van der Waals surface area contributed by atoms with E-state index in [9.17, 15) is 24.8 Å². The maximum absolute atomic E-state index is 13.1. The summed E-state index contributed by atoms with van der Waals surface area (Å²) >= 11 is 0. The number of carbonyl (C=O) groups excluding carboxylic acids is 2. The second-order valence-corrected chi connectivity index (χ2v) is 10.6. The minimum Gasteiger partial charge on any atom is -0.395 e. The lowest BCUT2D eigenvalue weighted by atomic mass is 10.1. The zero-order valence-corrected chi connectivity index (χ0v) is 23.3. The van der Waals surface area contributed by atoms with Gasteiger partial charge in [0.1, 0.15) is 5.69 Å². The summed E-state index contributed by atoms with van der Waals surface area (Å²) in [5.74, 6) is -0.845. The number of nitro benzene ring substituents is 1. The topological polar surface area (TPSA) is 138 Å². The fraction of sp³-hybridized carbons (Fsp3) is 0.219. The zero-order valence-electron chi connectivity index (χ0n) is 23.3. The van der Waals surface area contributed by atoms with Crippen LogP contribution < -0.4 is 0 Å². The van der Waals surface area contributed by atoms with Crippen LogP contribution in [0.1, 0.15) is 27.3 Å². The van der Waals surface area contributed by atoms with Gasteiger partial charge < -0.3 is 9.67 Å². The molecule has 0 atom stereocenters. The standard InChI is InChI=1S/C32H30N6O5/c39-17-16-35-12-14-36(15-13-35)19-22-8-9-23(10-11-27-25-5-1-2-6-26(25)33-34-27)29(18-22)37-20-24-4-3-7-28(38(42)43)31(24)32(37)30(41)21-40/h1-11,18,20-21,39H,12-17,19H2,(H,33,34). The molecule has 1 aliphatic rings. The highest BCUT2D eigenvalue weighted by Gasteiger charge is 2.26. The number of Topliss-reactive ketones (excluding diaryl/α,β-unsaturated/α-hetero) is 1. The van der Waals surface area contributed by atoms with Crippen molar-refractivity contribution in [1.82, 2.24) is 24.6 Å². The molecule has 43 heavy (non-hydrogen) atoms. The number of non-ortho nitro benzene ring substituents is 1. The van der Waals surface area contributed by atoms with Crippen LogP contribution >= 0.6 is 0 Å². The van der Waals surface area contributed by atoms with Crippen molar-refractivity contribution in [3.8, 4) is 5.69 Å². The molecule has 0 unspecified atom stereocenters. The van der Waals surface area contributed by atoms with Gasteiger partial charge in [-0.2, -0.15) is 5.10 Å². The average molecular weight is 579 g/mol. The Morgan fingerprint density at radius 1 is 1.02 bits per heavy atom. The number of β-amino-alcohol motifs (C(OH)–C–C–N with tert-alkyl or cyclic N) is 1. The summed E-state index contributed by atoms with van der Waals surface area (Å²) in [6, 6.07) is 18.3. The number of ketones is 1. The summed E-state index contributed by atoms with van der Waals surface area (Å²) in [5.41, 5.74) is 3.70. The van der Waals surface area contributed by atoms with Gasteiger partial charge in [-0.05, 0) is 29.3 Å². The summed E-state index contributed by atoms with van der Waals surface area (Å²) in [5, 5.41) is 30.2. The van der Waals surface area contributed by atoms with Crippen molar-refractivity contribution < 1.29 is 19.6 Å². The van der Waals surface area contributed by atoms with Crippen molar-refractivity contribution in [2.24, 2.45) is 0 Å². The van der Waals surface area contributed by atoms with E-state index in [1.807, 2.05) is 54.6 Å². The molecule has 2 aromatic heterocycles. The lowest BCUT2D eigenvalue weighted by Crippen LogP contribution is -2.46. The fourth-order valence-corrected chi connectivity index (χ4v) is 5.78. The van der Waals surface area contributed by atoms with Crippen LogP contribution in [0.3, 0.4) is 0 Å². The molecule has 0 bridgehead atoms. The van der Waals surface area contributed by atoms with Crippen LogP contribution in [0.25, 0.3) is 39.5 Å². The molecule has 3 aromatic carbocycles. The van der Waals surface area contributed by atoms with E-state index in [2.05, 4.69) is 20.0 Å². The molecule has 1 fully saturated rings. The molecule has 0 radical (unpaired) electrons. The van der Waals surface area contributed by atoms with Gasteiger partial charge in [0.25, 0.3) is 5.69 Å². The first-order valence-corrected chi connectivity index (χ1v) is 14.0. The second-order valence-electron chi connectivity index (χ2n) is 10.6. The molecular formula is C32H30N6O5. The Morgan fingerprint density at radius 3 is 2.58 bits per heavy atom. The largest absolute Gasteiger partial charge is 0.395 e. The third kappa shape index (κ3) is 5.61. The lowest BCUT2D eigenvalue weighted by molar-refractivity contribution is -0.383. The number of hydrogen-bond acceptors (Lipinski definition) is 8. The molecule has 11 nitrogen and oxygen atoms in total. The molecule has 2 N–H and O–H groups in total. The number of aldehydes is 1. The molecule has 0 spiro atoms. The summed E-state index contributed by atoms with van der Waals surface area (Å²) in [4.78, 5) is 40.8. The van der Waals surface area contributed by atoms with E-state index in [1.54, 1.807) is 22.9 Å². The van der Waals surface area contributed by atoms with Crippen molar-refractivity contribution >= 4 is 51.6 Å². The first-order chi connectivity index (χ1) is 21.0. The van der Waals surface area contributed by atoms with E-state index in [4.69, 9.17) is 0 Å². The van der Waals surface area contributed by atoms with Gasteiger partial charge in [-0.1, -0.05) is 48.5 Å². The van der Waals surface area contributed by atoms with Gasteiger partial charge in [-0.3, -0.25) is 34.6 Å². The third-order valence-electron chi connectivity index (χ3n) is 7.92. The number of H-pyrrole nitrogens is 1. The maximum Gasteiger partial charge on any atom is 0.279 e. The summed E-state index contributed by atoms with van der Waals surface area (Å²) in [6.07, 6.45) is 5.64. The van der Waals surface area contributed by atoms with Crippen molar-refractivity contribution in [2.45, 2.75) is 6.54 Å². The van der Waals surface area contributed by atoms with Crippen molar-refractivity contribution in [1.29, 1.82) is 0 Å². The van der Waals surface area contributed by atoms with Gasteiger partial charge in [-0.15, -0.1) is 0 Å². The Balaban J connectivity index is 1.46. The second kappa shape index (κ2) is 12.1. The molecule has 3 heterocycles. The number of piperazine rings is 1. The number of benzene rings is 3. The van der Waals surface area contributed by atoms with Crippen LogP contribution in [0.5, 0.6) is 0 Å². The molecule has 1 aliphatic heterocycles. The van der Waals surface area contributed by atoms with Crippen molar-refractivity contribution in [3.05, 3.63) is 99.5 Å². The molecular weight excluding hydrogens is 548 g/mol. The van der Waals surface area contributed by atoms with E-state index < -0.39 is 10.7 Å². The number of carbonyl (C=O) groups is 2. The van der Waals surface area contributed by atoms with Crippen LogP contribution in [-0.2, 0) is 11.3 Å². The van der Waals surface area contributed by atoms with Crippen LogP contribution in [0.4, 0.5) is 5.69 Å². The summed E-state index contributed by atoms with van der Waals surface area (Å²) in [6.45, 7) is 4.86. The molecule has 6 rings (SSSR count). The molecule has 0 amide bonds. The Hall–Kier alpha value is -4.97. The van der Waals surface area contributed by atoms with Crippen molar-refractivity contribution in [2.75, 3.05) is 39.3 Å². The van der Waals surface area contributed by atoms with Gasteiger partial charge in [0.2, 0.25) is 5.78 Å². The number of aromatic amines is 1. The Bertz CT molecular complexity index is 1870. The molecule has 1 saturated heterocycles. The Morgan fingerprint density at radius 2 is 1.81 bits per heavy atom. The molecule has 0 saturated carbocycles. The highest BCUT2D eigenvalue weighted by Crippen LogP contribution is 2.34. The number of fused-ring (bicyclic) bond motifs is 2. The SMILES string of the molecule is O=CC(=O)c1c2c([N+](=O)[O-])cccc2cn1-c1cc(CN2CCN(CCO)CC2)ccc1C=Cc1n[nH]c2ccccc12. The molecule has 11 heteroatoms. The summed E-state index contributed by atoms with van der Waals surface area (Å²) in [7, 11) is 0. The summed E-state index contributed by atoms with van der Waals surface area (Å²) < 4.78 is 1.60. The van der Waals surface area contributed by atoms with Gasteiger partial charge in [-0.25, -0.2) is 0 Å². The third-order valence-corrected chi connectivity index (χ3v) is 7.92. The van der Waals surface area contributed by atoms with Crippen LogP contribution in [0.15, 0.2) is 66.9 Å². The normalized spacial score (nSPS) is 14.6. The number of nitro groups is 1. The van der Waals surface area contributed by atoms with E-state index in [-0.39, 0.29) is 29.7 Å². The van der Waals surface area contributed by atoms with E-state index in [0.717, 1.165) is 53.9 Å². The minimum atomic E-state index is -0.845. The minimum absolute atomic E-state index is 0.0491. The molecule has 218 valence electrons. The molecule has 5 aromatic rings. The number of aliphatic hydroxyl groups is 1. The number of para-hydroxylation sites is 1. The predicted octanol–water partition coefficient (Wildman–Crippen LogP) is 4.08. The zero-order chi connectivity index (χ0) is 29.9. The van der Waals surface area contributed by atoms with E-state index >= 15 is 0 Å². The van der Waals surface area contributed by atoms with Gasteiger partial charge >= 0.3 is 0 Å². The number of aromatic nitrogens is 3. The lowest BCUT2D eigenvalue weighted by Gasteiger charge is -2.34. The Labute approximate surface area is 246 Å². The smallest absolute Gasteiger partial charge is 0.279 e. The number of rotatable bonds is 10. The monoisotopic (exact) mass is 578 g/mol. The first kappa shape index (κ1) is 28.2. The van der Waals surface area contributed by atoms with Gasteiger partial charge in [0, 0.05) is 62.3 Å². The highest BCUT2D eigenvalue weighted by molar-refractivity contribution is 6.36. The van der Waals surface area contributed by atoms with Crippen LogP contribution in [-0.4, -0.2) is 86.0 Å². The first-order valence-electron chi connectivity index (χ1n) is 14.0. The number of hydrogen-bond donors (Lipinski definition) is 2. The van der Waals surface area contributed by atoms with Gasteiger partial charge in [0.05, 0.1) is 33.8 Å². The van der Waals surface area contributed by atoms with E-state index in [1.165, 1.54) is 6.07 Å². The van der Waals surface area contributed by atoms with Crippen LogP contribution in [0, 0.1) is 10.1 Å². The quantitative estimate of drug-likeness (QED) is 0.0832. The van der Waals surface area contributed by atoms with Gasteiger partial charge in [0.15, 0.2) is 6.29 Å². The van der Waals surface area contributed by atoms with Crippen molar-refractivity contribution in [3.63, 3.8) is 0 Å². The number of nitrogens with one attached hydrogen (secondary N) is 1.